The average molecular weight is 664 g/mol. The van der Waals surface area contributed by atoms with Gasteiger partial charge in [-0.25, -0.2) is 4.57 Å². The second-order valence-corrected chi connectivity index (χ2v) is 14.2. The van der Waals surface area contributed by atoms with E-state index in [1.165, 1.54) is 103 Å². The summed E-state index contributed by atoms with van der Waals surface area (Å²) in [5, 5.41) is 0. The zero-order valence-electron chi connectivity index (χ0n) is 29.6. The molecule has 0 aromatic rings. The van der Waals surface area contributed by atoms with Crippen LogP contribution in [0.5, 0.6) is 0 Å². The molecule has 0 saturated heterocycles. The summed E-state index contributed by atoms with van der Waals surface area (Å²) in [6.45, 7) is 4.30. The van der Waals surface area contributed by atoms with Gasteiger partial charge >= 0.3 is 19.8 Å². The van der Waals surface area contributed by atoms with E-state index >= 15 is 0 Å². The van der Waals surface area contributed by atoms with Gasteiger partial charge in [0.2, 0.25) is 0 Å². The Morgan fingerprint density at radius 1 is 0.600 bits per heavy atom. The molecule has 0 aliphatic heterocycles. The van der Waals surface area contributed by atoms with Gasteiger partial charge in [0.1, 0.15) is 6.61 Å². The lowest BCUT2D eigenvalue weighted by Gasteiger charge is -2.20. The number of ether oxygens (including phenoxy) is 2. The van der Waals surface area contributed by atoms with Gasteiger partial charge in [-0.1, -0.05) is 142 Å². The third kappa shape index (κ3) is 32.7. The summed E-state index contributed by atoms with van der Waals surface area (Å²) >= 11 is 0. The van der Waals surface area contributed by atoms with E-state index in [4.69, 9.17) is 18.5 Å². The van der Waals surface area contributed by atoms with Crippen molar-refractivity contribution in [2.75, 3.05) is 40.5 Å². The summed E-state index contributed by atoms with van der Waals surface area (Å²) in [5.74, 6) is -0.797. The van der Waals surface area contributed by atoms with Crippen LogP contribution in [0.1, 0.15) is 168 Å². The highest BCUT2D eigenvalue weighted by atomic mass is 31.2. The topological polar surface area (TPSA) is 112 Å². The quantitative estimate of drug-likeness (QED) is 0.0409. The van der Waals surface area contributed by atoms with E-state index in [9.17, 15) is 19.0 Å². The van der Waals surface area contributed by atoms with Crippen molar-refractivity contribution in [3.8, 4) is 0 Å². The molecule has 0 radical (unpaired) electrons. The molecule has 0 amide bonds. The first kappa shape index (κ1) is 44.0. The van der Waals surface area contributed by atoms with E-state index in [1.807, 2.05) is 19.0 Å². The molecular weight excluding hydrogens is 593 g/mol. The van der Waals surface area contributed by atoms with E-state index in [0.29, 0.717) is 19.4 Å². The monoisotopic (exact) mass is 663 g/mol. The molecule has 1 unspecified atom stereocenters. The predicted molar refractivity (Wildman–Crippen MR) is 183 cm³/mol. The van der Waals surface area contributed by atoms with Gasteiger partial charge in [-0.3, -0.25) is 18.6 Å². The molecule has 268 valence electrons. The normalized spacial score (nSPS) is 13.6. The summed E-state index contributed by atoms with van der Waals surface area (Å²) < 4.78 is 33.2. The second-order valence-electron chi connectivity index (χ2n) is 12.8. The Labute approximate surface area is 276 Å². The molecule has 10 heteroatoms. The lowest BCUT2D eigenvalue weighted by molar-refractivity contribution is -0.161. The fourth-order valence-corrected chi connectivity index (χ4v) is 5.78. The number of phosphoric acid groups is 1. The van der Waals surface area contributed by atoms with Crippen LogP contribution < -0.4 is 0 Å². The predicted octanol–water partition coefficient (Wildman–Crippen LogP) is 9.54. The van der Waals surface area contributed by atoms with E-state index in [2.05, 4.69) is 13.8 Å². The van der Waals surface area contributed by atoms with Crippen LogP contribution in [0.15, 0.2) is 0 Å². The number of esters is 2. The van der Waals surface area contributed by atoms with Crippen molar-refractivity contribution in [3.63, 3.8) is 0 Å². The highest BCUT2D eigenvalue weighted by molar-refractivity contribution is 7.47. The minimum atomic E-state index is -4.34. The molecule has 45 heavy (non-hydrogen) atoms. The Kier molecular flexibility index (Phi) is 30.9. The largest absolute Gasteiger partial charge is 0.472 e. The summed E-state index contributed by atoms with van der Waals surface area (Å²) in [5.41, 5.74) is 0. The first-order valence-electron chi connectivity index (χ1n) is 18.3. The van der Waals surface area contributed by atoms with Gasteiger partial charge < -0.3 is 19.3 Å². The number of nitrogens with zero attached hydrogens (tertiary/aromatic N) is 1. The maximum Gasteiger partial charge on any atom is 0.472 e. The molecule has 0 aromatic carbocycles. The zero-order chi connectivity index (χ0) is 33.4. The lowest BCUT2D eigenvalue weighted by atomic mass is 10.1. The van der Waals surface area contributed by atoms with Crippen LogP contribution in [-0.4, -0.2) is 68.3 Å². The Morgan fingerprint density at radius 2 is 1.00 bits per heavy atom. The fraction of sp³-hybridized carbons (Fsp3) is 0.943. The molecule has 9 nitrogen and oxygen atoms in total. The smallest absolute Gasteiger partial charge is 0.462 e. The van der Waals surface area contributed by atoms with Gasteiger partial charge in [0.15, 0.2) is 6.10 Å². The van der Waals surface area contributed by atoms with Gasteiger partial charge in [0, 0.05) is 19.4 Å². The lowest BCUT2D eigenvalue weighted by Crippen LogP contribution is -2.29. The van der Waals surface area contributed by atoms with Gasteiger partial charge in [-0.2, -0.15) is 0 Å². The van der Waals surface area contributed by atoms with Gasteiger partial charge in [0.05, 0.1) is 13.2 Å². The number of hydrogen-bond donors (Lipinski definition) is 1. The second kappa shape index (κ2) is 31.6. The molecule has 0 heterocycles. The van der Waals surface area contributed by atoms with E-state index < -0.39 is 26.5 Å². The molecule has 0 aliphatic carbocycles. The third-order valence-corrected chi connectivity index (χ3v) is 8.90. The van der Waals surface area contributed by atoms with Crippen LogP contribution in [0, 0.1) is 0 Å². The van der Waals surface area contributed by atoms with Gasteiger partial charge in [-0.05, 0) is 26.9 Å². The van der Waals surface area contributed by atoms with Crippen molar-refractivity contribution in [3.05, 3.63) is 0 Å². The van der Waals surface area contributed by atoms with Crippen molar-refractivity contribution < 1.29 is 37.6 Å². The molecule has 0 fully saturated rings. The Balaban J connectivity index is 4.37. The molecule has 0 aromatic heterocycles. The molecule has 0 saturated carbocycles. The number of unbranched alkanes of at least 4 members (excludes halogenated alkanes) is 20. The first-order chi connectivity index (χ1) is 21.7. The summed E-state index contributed by atoms with van der Waals surface area (Å²) in [6.07, 6.45) is 25.7. The van der Waals surface area contributed by atoms with Crippen LogP contribution >= 0.6 is 7.82 Å². The maximum absolute atomic E-state index is 12.5. The molecule has 0 aliphatic rings. The zero-order valence-corrected chi connectivity index (χ0v) is 30.5. The first-order valence-corrected chi connectivity index (χ1v) is 19.8. The summed E-state index contributed by atoms with van der Waals surface area (Å²) in [4.78, 5) is 36.7. The van der Waals surface area contributed by atoms with E-state index in [-0.39, 0.29) is 25.6 Å². The van der Waals surface area contributed by atoms with E-state index in [0.717, 1.165) is 32.1 Å². The van der Waals surface area contributed by atoms with Crippen molar-refractivity contribution >= 4 is 19.8 Å². The van der Waals surface area contributed by atoms with Gasteiger partial charge in [-0.15, -0.1) is 0 Å². The van der Waals surface area contributed by atoms with E-state index in [1.54, 1.807) is 0 Å². The molecule has 2 atom stereocenters. The fourth-order valence-electron chi connectivity index (χ4n) is 5.04. The van der Waals surface area contributed by atoms with Crippen molar-refractivity contribution in [1.29, 1.82) is 0 Å². The minimum absolute atomic E-state index is 0.0119. The number of likely N-dealkylation sites (N-methyl/N-ethyl adjacent to an activating group) is 1. The molecule has 1 N–H and O–H groups in total. The van der Waals surface area contributed by atoms with Crippen LogP contribution in [0.4, 0.5) is 0 Å². The Bertz CT molecular complexity index is 736. The molecule has 0 spiro atoms. The van der Waals surface area contributed by atoms with Crippen LogP contribution in [0.3, 0.4) is 0 Å². The average Bonchev–Trinajstić information content (AvgIpc) is 2.99. The molecule has 0 bridgehead atoms. The van der Waals surface area contributed by atoms with Crippen molar-refractivity contribution in [2.24, 2.45) is 0 Å². The van der Waals surface area contributed by atoms with Crippen molar-refractivity contribution in [1.82, 2.24) is 4.90 Å². The Hall–Kier alpha value is -0.990. The SMILES string of the molecule is CCCCCCCCCCCCCC(=O)OC[C@@H](COP(=O)(O)OCCN(C)C)OC(=O)CCCCCCCCCCCCC. The Morgan fingerprint density at radius 3 is 1.42 bits per heavy atom. The van der Waals surface area contributed by atoms with Crippen molar-refractivity contribution in [2.45, 2.75) is 174 Å². The standard InChI is InChI=1S/C35H70NO8P/c1-5-7-9-11-13-15-17-19-21-23-25-27-34(37)41-31-33(32-43-45(39,40)42-30-29-36(3)4)44-35(38)28-26-24-22-20-18-16-14-12-10-8-6-2/h33H,5-32H2,1-4H3,(H,39,40)/t33-/m0/s1. The number of carbonyl (C=O) groups excluding carboxylic acids is 2. The van der Waals surface area contributed by atoms with Crippen LogP contribution in [0.25, 0.3) is 0 Å². The van der Waals surface area contributed by atoms with Crippen LogP contribution in [0.2, 0.25) is 0 Å². The van der Waals surface area contributed by atoms with Crippen LogP contribution in [-0.2, 0) is 32.7 Å². The highest BCUT2D eigenvalue weighted by Gasteiger charge is 2.26. The number of carbonyl (C=O) groups is 2. The molecule has 0 rings (SSSR count). The maximum atomic E-state index is 12.5. The summed E-state index contributed by atoms with van der Waals surface area (Å²) in [6, 6.07) is 0. The van der Waals surface area contributed by atoms with Gasteiger partial charge in [0.25, 0.3) is 0 Å². The minimum Gasteiger partial charge on any atom is -0.462 e. The number of phosphoric ester groups is 1. The summed E-state index contributed by atoms with van der Waals surface area (Å²) in [7, 11) is -0.697. The third-order valence-electron chi connectivity index (χ3n) is 7.91. The number of hydrogen-bond acceptors (Lipinski definition) is 8. The molecular formula is C35H70NO8P. The number of rotatable bonds is 34. The highest BCUT2D eigenvalue weighted by Crippen LogP contribution is 2.43.